The third-order valence-corrected chi connectivity index (χ3v) is 6.73. The summed E-state index contributed by atoms with van der Waals surface area (Å²) in [4.78, 5) is 26.0. The number of likely N-dealkylation sites (N-methyl/N-ethyl adjacent to an activating group) is 1. The molecule has 0 saturated carbocycles. The van der Waals surface area contributed by atoms with Crippen LogP contribution in [0.5, 0.6) is 0 Å². The summed E-state index contributed by atoms with van der Waals surface area (Å²) in [5.74, 6) is 0.743. The lowest BCUT2D eigenvalue weighted by Crippen LogP contribution is -2.44. The molecular weight excluding hydrogens is 479 g/mol. The average molecular weight is 500 g/mol. The minimum absolute atomic E-state index is 0.162. The first kappa shape index (κ1) is 23.1. The Hall–Kier alpha value is -3.64. The van der Waals surface area contributed by atoms with Crippen molar-refractivity contribution in [1.82, 2.24) is 25.1 Å². The van der Waals surface area contributed by atoms with Crippen LogP contribution in [0, 0.1) is 0 Å². The molecule has 1 fully saturated rings. The van der Waals surface area contributed by atoms with Crippen LogP contribution in [0.2, 0.25) is 0 Å². The summed E-state index contributed by atoms with van der Waals surface area (Å²) in [6, 6.07) is 10.2. The topological polar surface area (TPSA) is 87.1 Å². The lowest BCUT2D eigenvalue weighted by molar-refractivity contribution is -0.138. The van der Waals surface area contributed by atoms with E-state index in [0.717, 1.165) is 37.4 Å². The molecule has 0 unspecified atom stereocenters. The van der Waals surface area contributed by atoms with Gasteiger partial charge in [0, 0.05) is 55.1 Å². The Morgan fingerprint density at radius 3 is 2.54 bits per heavy atom. The maximum absolute atomic E-state index is 12.9. The van der Waals surface area contributed by atoms with E-state index in [4.69, 9.17) is 0 Å². The standard InChI is InChI=1S/C23H20F3N7OS/c1-32-6-8-33(9-7-32)19-12-14(4-5-27-19)20(34)29-18-11-17-10-15(2-3-16(17)13-28-18)21-30-31-22(35-21)23(24,25)26/h2-5,10-13H,6-9H2,1H3,(H,28,29,34). The number of halogens is 3. The monoisotopic (exact) mass is 499 g/mol. The van der Waals surface area contributed by atoms with Crippen molar-refractivity contribution in [2.45, 2.75) is 6.18 Å². The third-order valence-electron chi connectivity index (χ3n) is 5.71. The molecule has 0 bridgehead atoms. The quantitative estimate of drug-likeness (QED) is 0.451. The van der Waals surface area contributed by atoms with Gasteiger partial charge in [0.25, 0.3) is 5.91 Å². The van der Waals surface area contributed by atoms with Crippen LogP contribution in [0.4, 0.5) is 24.8 Å². The number of amides is 1. The average Bonchev–Trinajstić information content (AvgIpc) is 3.35. The van der Waals surface area contributed by atoms with Crippen molar-refractivity contribution < 1.29 is 18.0 Å². The number of anilines is 2. The highest BCUT2D eigenvalue weighted by Gasteiger charge is 2.35. The molecule has 0 spiro atoms. The molecule has 1 saturated heterocycles. The molecule has 35 heavy (non-hydrogen) atoms. The van der Waals surface area contributed by atoms with Gasteiger partial charge in [-0.1, -0.05) is 23.5 Å². The second-order valence-electron chi connectivity index (χ2n) is 8.19. The van der Waals surface area contributed by atoms with Gasteiger partial charge >= 0.3 is 6.18 Å². The highest BCUT2D eigenvalue weighted by atomic mass is 32.1. The van der Waals surface area contributed by atoms with Crippen molar-refractivity contribution in [1.29, 1.82) is 0 Å². The predicted octanol–water partition coefficient (Wildman–Crippen LogP) is 4.17. The van der Waals surface area contributed by atoms with Crippen LogP contribution >= 0.6 is 11.3 Å². The van der Waals surface area contributed by atoms with Crippen molar-refractivity contribution in [3.05, 3.63) is 59.4 Å². The Labute approximate surface area is 202 Å². The summed E-state index contributed by atoms with van der Waals surface area (Å²) in [5.41, 5.74) is 0.957. The number of pyridine rings is 2. The molecular formula is C23H20F3N7OS. The molecule has 1 amide bonds. The maximum atomic E-state index is 12.9. The van der Waals surface area contributed by atoms with Crippen LogP contribution in [-0.4, -0.2) is 64.2 Å². The number of fused-ring (bicyclic) bond motifs is 1. The van der Waals surface area contributed by atoms with E-state index in [2.05, 4.69) is 42.3 Å². The summed E-state index contributed by atoms with van der Waals surface area (Å²) in [7, 11) is 2.07. The van der Waals surface area contributed by atoms with Crippen LogP contribution in [-0.2, 0) is 6.18 Å². The van der Waals surface area contributed by atoms with Gasteiger partial charge in [-0.25, -0.2) is 9.97 Å². The second kappa shape index (κ2) is 9.19. The van der Waals surface area contributed by atoms with Gasteiger partial charge in [-0.3, -0.25) is 4.79 Å². The second-order valence-corrected chi connectivity index (χ2v) is 9.17. The molecule has 4 heterocycles. The number of carbonyl (C=O) groups is 1. The smallest absolute Gasteiger partial charge is 0.354 e. The molecule has 3 aromatic heterocycles. The van der Waals surface area contributed by atoms with Gasteiger partial charge < -0.3 is 15.1 Å². The van der Waals surface area contributed by atoms with Crippen molar-refractivity contribution in [3.8, 4) is 10.6 Å². The fourth-order valence-electron chi connectivity index (χ4n) is 3.75. The van der Waals surface area contributed by atoms with Crippen molar-refractivity contribution in [3.63, 3.8) is 0 Å². The van der Waals surface area contributed by atoms with E-state index >= 15 is 0 Å². The predicted molar refractivity (Wildman–Crippen MR) is 128 cm³/mol. The number of nitrogens with zero attached hydrogens (tertiary/aromatic N) is 6. The Bertz CT molecular complexity index is 1380. The largest absolute Gasteiger partial charge is 0.445 e. The summed E-state index contributed by atoms with van der Waals surface area (Å²) in [6.07, 6.45) is -1.33. The van der Waals surface area contributed by atoms with Crippen LogP contribution in [0.25, 0.3) is 21.3 Å². The number of carbonyl (C=O) groups excluding carboxylic acids is 1. The SMILES string of the molecule is CN1CCN(c2cc(C(=O)Nc3cc4cc(-c5nnc(C(F)(F)F)s5)ccc4cn3)ccn2)CC1. The minimum Gasteiger partial charge on any atom is -0.354 e. The molecule has 1 aliphatic rings. The van der Waals surface area contributed by atoms with Gasteiger partial charge in [-0.2, -0.15) is 13.2 Å². The zero-order valence-corrected chi connectivity index (χ0v) is 19.4. The highest BCUT2D eigenvalue weighted by molar-refractivity contribution is 7.14. The number of piperazine rings is 1. The number of aromatic nitrogens is 4. The zero-order valence-electron chi connectivity index (χ0n) is 18.6. The summed E-state index contributed by atoms with van der Waals surface area (Å²) < 4.78 is 38.6. The number of hydrogen-bond donors (Lipinski definition) is 1. The maximum Gasteiger partial charge on any atom is 0.445 e. The van der Waals surface area contributed by atoms with Crippen LogP contribution < -0.4 is 10.2 Å². The molecule has 12 heteroatoms. The Kier molecular flexibility index (Phi) is 6.07. The van der Waals surface area contributed by atoms with Crippen LogP contribution in [0.1, 0.15) is 15.4 Å². The lowest BCUT2D eigenvalue weighted by atomic mass is 10.1. The van der Waals surface area contributed by atoms with Gasteiger partial charge in [-0.15, -0.1) is 10.2 Å². The van der Waals surface area contributed by atoms with Crippen LogP contribution in [0.3, 0.4) is 0 Å². The van der Waals surface area contributed by atoms with Gasteiger partial charge in [0.05, 0.1) is 0 Å². The van der Waals surface area contributed by atoms with E-state index in [-0.39, 0.29) is 10.9 Å². The first-order valence-corrected chi connectivity index (χ1v) is 11.6. The molecule has 0 radical (unpaired) electrons. The molecule has 1 aliphatic heterocycles. The molecule has 1 aromatic carbocycles. The number of rotatable bonds is 4. The van der Waals surface area contributed by atoms with Crippen molar-refractivity contribution in [2.24, 2.45) is 0 Å². The van der Waals surface area contributed by atoms with Crippen molar-refractivity contribution >= 4 is 39.7 Å². The van der Waals surface area contributed by atoms with Gasteiger partial charge in [0.1, 0.15) is 16.6 Å². The number of hydrogen-bond acceptors (Lipinski definition) is 8. The molecule has 0 aliphatic carbocycles. The fourth-order valence-corrected chi connectivity index (χ4v) is 4.46. The summed E-state index contributed by atoms with van der Waals surface area (Å²) in [6.45, 7) is 3.52. The molecule has 8 nitrogen and oxygen atoms in total. The Morgan fingerprint density at radius 1 is 1.00 bits per heavy atom. The van der Waals surface area contributed by atoms with Crippen molar-refractivity contribution in [2.75, 3.05) is 43.4 Å². The van der Waals surface area contributed by atoms with Gasteiger partial charge in [-0.05, 0) is 36.7 Å². The first-order valence-electron chi connectivity index (χ1n) is 10.8. The van der Waals surface area contributed by atoms with E-state index in [1.807, 2.05) is 0 Å². The van der Waals surface area contributed by atoms with Gasteiger partial charge in [0.2, 0.25) is 5.01 Å². The Morgan fingerprint density at radius 2 is 1.80 bits per heavy atom. The van der Waals surface area contributed by atoms with E-state index in [0.29, 0.717) is 33.7 Å². The van der Waals surface area contributed by atoms with E-state index < -0.39 is 11.2 Å². The normalized spacial score (nSPS) is 14.9. The Balaban J connectivity index is 1.35. The number of nitrogens with one attached hydrogen (secondary N) is 1. The summed E-state index contributed by atoms with van der Waals surface area (Å²) in [5, 5.41) is 10.3. The van der Waals surface area contributed by atoms with E-state index in [1.54, 1.807) is 48.8 Å². The number of benzene rings is 1. The van der Waals surface area contributed by atoms with Gasteiger partial charge in [0.15, 0.2) is 0 Å². The van der Waals surface area contributed by atoms with E-state index in [1.165, 1.54) is 0 Å². The minimum atomic E-state index is -4.54. The first-order chi connectivity index (χ1) is 16.8. The molecule has 180 valence electrons. The zero-order chi connectivity index (χ0) is 24.6. The summed E-state index contributed by atoms with van der Waals surface area (Å²) >= 11 is 0.482. The number of alkyl halides is 3. The fraction of sp³-hybridized carbons (Fsp3) is 0.261. The van der Waals surface area contributed by atoms with E-state index in [9.17, 15) is 18.0 Å². The molecule has 4 aromatic rings. The molecule has 1 N–H and O–H groups in total. The molecule has 5 rings (SSSR count). The molecule has 0 atom stereocenters. The highest BCUT2D eigenvalue weighted by Crippen LogP contribution is 2.35. The third kappa shape index (κ3) is 5.08. The lowest BCUT2D eigenvalue weighted by Gasteiger charge is -2.33. The van der Waals surface area contributed by atoms with Crippen LogP contribution in [0.15, 0.2) is 48.8 Å².